The topological polar surface area (TPSA) is 0 Å². The molecule has 0 nitrogen and oxygen atoms in total. The van der Waals surface area contributed by atoms with Crippen LogP contribution >= 0.6 is 11.6 Å². The molecule has 0 aliphatic rings. The van der Waals surface area contributed by atoms with Gasteiger partial charge in [0.25, 0.3) is 0 Å². The molecule has 0 spiro atoms. The van der Waals surface area contributed by atoms with E-state index in [4.69, 9.17) is 11.6 Å². The summed E-state index contributed by atoms with van der Waals surface area (Å²) in [5.41, 5.74) is 0. The van der Waals surface area contributed by atoms with Crippen LogP contribution < -0.4 is 0 Å². The Kier molecular flexibility index (Phi) is 2.77. The normalized spacial score (nSPS) is 12.9. The Labute approximate surface area is 53.7 Å². The third-order valence-electron chi connectivity index (χ3n) is 0.940. The van der Waals surface area contributed by atoms with Crippen LogP contribution in [0.15, 0.2) is 24.0 Å². The van der Waals surface area contributed by atoms with Crippen molar-refractivity contribution in [2.24, 2.45) is 5.92 Å². The standard InChI is InChI=1S/C6H8ClF/c1-4(5(2)7)6(3)8/h4H,2-3H2,1H3. The van der Waals surface area contributed by atoms with E-state index in [0.717, 1.165) is 0 Å². The molecule has 0 saturated heterocycles. The van der Waals surface area contributed by atoms with E-state index in [1.807, 2.05) is 0 Å². The average molecular weight is 135 g/mol. The first-order chi connectivity index (χ1) is 3.55. The van der Waals surface area contributed by atoms with Crippen molar-refractivity contribution in [2.75, 3.05) is 0 Å². The summed E-state index contributed by atoms with van der Waals surface area (Å²) < 4.78 is 12.0. The van der Waals surface area contributed by atoms with E-state index in [9.17, 15) is 4.39 Å². The van der Waals surface area contributed by atoms with E-state index in [1.165, 1.54) is 0 Å². The fourth-order valence-electron chi connectivity index (χ4n) is 0.170. The van der Waals surface area contributed by atoms with Crippen LogP contribution in [0.4, 0.5) is 4.39 Å². The highest BCUT2D eigenvalue weighted by molar-refractivity contribution is 6.29. The van der Waals surface area contributed by atoms with Gasteiger partial charge in [0.1, 0.15) is 5.83 Å². The van der Waals surface area contributed by atoms with E-state index in [1.54, 1.807) is 6.92 Å². The molecule has 0 aromatic rings. The molecule has 0 aromatic carbocycles. The van der Waals surface area contributed by atoms with Crippen LogP contribution in [-0.4, -0.2) is 0 Å². The smallest absolute Gasteiger partial charge is 0.101 e. The van der Waals surface area contributed by atoms with Gasteiger partial charge in [0.15, 0.2) is 0 Å². The van der Waals surface area contributed by atoms with E-state index < -0.39 is 11.7 Å². The lowest BCUT2D eigenvalue weighted by molar-refractivity contribution is 0.549. The van der Waals surface area contributed by atoms with Gasteiger partial charge >= 0.3 is 0 Å². The lowest BCUT2D eigenvalue weighted by Gasteiger charge is -2.02. The zero-order chi connectivity index (χ0) is 6.73. The van der Waals surface area contributed by atoms with Gasteiger partial charge in [-0.1, -0.05) is 31.7 Å². The third-order valence-corrected chi connectivity index (χ3v) is 1.27. The minimum Gasteiger partial charge on any atom is -0.212 e. The first-order valence-electron chi connectivity index (χ1n) is 2.24. The summed E-state index contributed by atoms with van der Waals surface area (Å²) in [7, 11) is 0. The second-order valence-corrected chi connectivity index (χ2v) is 2.10. The van der Waals surface area contributed by atoms with Crippen LogP contribution in [0, 0.1) is 5.92 Å². The number of hydrogen-bond donors (Lipinski definition) is 0. The first-order valence-corrected chi connectivity index (χ1v) is 2.62. The van der Waals surface area contributed by atoms with Crippen LogP contribution in [0.25, 0.3) is 0 Å². The van der Waals surface area contributed by atoms with Crippen LogP contribution in [-0.2, 0) is 0 Å². The molecule has 1 atom stereocenters. The van der Waals surface area contributed by atoms with Crippen molar-refractivity contribution in [2.45, 2.75) is 6.92 Å². The molecule has 0 N–H and O–H groups in total. The van der Waals surface area contributed by atoms with Gasteiger partial charge in [0.2, 0.25) is 0 Å². The lowest BCUT2D eigenvalue weighted by atomic mass is 10.2. The molecule has 0 radical (unpaired) electrons. The maximum Gasteiger partial charge on any atom is 0.101 e. The second-order valence-electron chi connectivity index (χ2n) is 1.62. The Bertz CT molecular complexity index is 104. The van der Waals surface area contributed by atoms with Crippen molar-refractivity contribution in [3.63, 3.8) is 0 Å². The van der Waals surface area contributed by atoms with Crippen molar-refractivity contribution >= 4 is 11.6 Å². The van der Waals surface area contributed by atoms with Gasteiger partial charge in [-0.2, -0.15) is 0 Å². The molecule has 0 aliphatic carbocycles. The zero-order valence-corrected chi connectivity index (χ0v) is 5.50. The molecule has 0 bridgehead atoms. The van der Waals surface area contributed by atoms with Crippen molar-refractivity contribution in [3.8, 4) is 0 Å². The van der Waals surface area contributed by atoms with E-state index >= 15 is 0 Å². The monoisotopic (exact) mass is 134 g/mol. The third kappa shape index (κ3) is 2.12. The molecule has 0 fully saturated rings. The van der Waals surface area contributed by atoms with Crippen molar-refractivity contribution in [1.29, 1.82) is 0 Å². The minimum absolute atomic E-state index is 0.289. The van der Waals surface area contributed by atoms with E-state index in [0.29, 0.717) is 0 Å². The van der Waals surface area contributed by atoms with Crippen LogP contribution in [0.2, 0.25) is 0 Å². The molecule has 8 heavy (non-hydrogen) atoms. The average Bonchev–Trinajstić information content (AvgIpc) is 1.64. The Balaban J connectivity index is 3.83. The molecule has 0 heterocycles. The highest BCUT2D eigenvalue weighted by Crippen LogP contribution is 2.20. The summed E-state index contributed by atoms with van der Waals surface area (Å²) in [4.78, 5) is 0. The fourth-order valence-corrected chi connectivity index (χ4v) is 0.288. The Morgan fingerprint density at radius 3 is 2.00 bits per heavy atom. The van der Waals surface area contributed by atoms with Gasteiger partial charge in [-0.25, -0.2) is 4.39 Å². The lowest BCUT2D eigenvalue weighted by Crippen LogP contribution is -1.90. The molecule has 0 aromatic heterocycles. The van der Waals surface area contributed by atoms with Gasteiger partial charge < -0.3 is 0 Å². The summed E-state index contributed by atoms with van der Waals surface area (Å²) in [5, 5.41) is 0.289. The summed E-state index contributed by atoms with van der Waals surface area (Å²) >= 11 is 5.33. The Hall–Kier alpha value is -0.300. The quantitative estimate of drug-likeness (QED) is 0.545. The van der Waals surface area contributed by atoms with Crippen LogP contribution in [0.5, 0.6) is 0 Å². The SMILES string of the molecule is C=C(F)C(C)C(=C)Cl. The van der Waals surface area contributed by atoms with Gasteiger partial charge in [0, 0.05) is 11.0 Å². The van der Waals surface area contributed by atoms with Gasteiger partial charge in [0.05, 0.1) is 0 Å². The fraction of sp³-hybridized carbons (Fsp3) is 0.333. The Morgan fingerprint density at radius 2 is 2.00 bits per heavy atom. The zero-order valence-electron chi connectivity index (χ0n) is 4.75. The Morgan fingerprint density at radius 1 is 1.62 bits per heavy atom. The first kappa shape index (κ1) is 7.70. The summed E-state index contributed by atoms with van der Waals surface area (Å²) in [6, 6.07) is 0. The van der Waals surface area contributed by atoms with E-state index in [2.05, 4.69) is 13.2 Å². The molecular formula is C6H8ClF. The van der Waals surface area contributed by atoms with Gasteiger partial charge in [-0.15, -0.1) is 0 Å². The summed E-state index contributed by atoms with van der Waals surface area (Å²) in [6.45, 7) is 8.01. The maximum absolute atomic E-state index is 12.0. The molecule has 46 valence electrons. The predicted octanol–water partition coefficient (Wildman–Crippen LogP) is 2.86. The van der Waals surface area contributed by atoms with Crippen molar-refractivity contribution < 1.29 is 4.39 Å². The number of allylic oxidation sites excluding steroid dienone is 2. The van der Waals surface area contributed by atoms with Crippen molar-refractivity contribution in [3.05, 3.63) is 24.0 Å². The van der Waals surface area contributed by atoms with Crippen LogP contribution in [0.3, 0.4) is 0 Å². The van der Waals surface area contributed by atoms with Gasteiger partial charge in [-0.3, -0.25) is 0 Å². The van der Waals surface area contributed by atoms with Crippen LogP contribution in [0.1, 0.15) is 6.92 Å². The maximum atomic E-state index is 12.0. The summed E-state index contributed by atoms with van der Waals surface area (Å²) in [6.07, 6.45) is 0. The molecule has 0 aliphatic heterocycles. The summed E-state index contributed by atoms with van der Waals surface area (Å²) in [5.74, 6) is -0.860. The molecule has 0 rings (SSSR count). The van der Waals surface area contributed by atoms with Crippen molar-refractivity contribution in [1.82, 2.24) is 0 Å². The molecule has 0 amide bonds. The highest BCUT2D eigenvalue weighted by atomic mass is 35.5. The number of rotatable bonds is 2. The molecule has 1 unspecified atom stereocenters. The minimum atomic E-state index is -0.440. The molecular weight excluding hydrogens is 127 g/mol. The largest absolute Gasteiger partial charge is 0.212 e. The van der Waals surface area contributed by atoms with E-state index in [-0.39, 0.29) is 5.03 Å². The number of halogens is 2. The predicted molar refractivity (Wildman–Crippen MR) is 34.4 cm³/mol. The number of hydrogen-bond acceptors (Lipinski definition) is 0. The highest BCUT2D eigenvalue weighted by Gasteiger charge is 2.06. The second kappa shape index (κ2) is 2.88. The van der Waals surface area contributed by atoms with Gasteiger partial charge in [-0.05, 0) is 0 Å². The molecule has 2 heteroatoms. The molecule has 0 saturated carbocycles.